The molecule has 2 aromatic carbocycles. The molecular weight excluding hydrogens is 412 g/mol. The third-order valence-corrected chi connectivity index (χ3v) is 6.66. The highest BCUT2D eigenvalue weighted by molar-refractivity contribution is 7.89. The van der Waals surface area contributed by atoms with Crippen molar-refractivity contribution < 1.29 is 26.7 Å². The Morgan fingerprint density at radius 2 is 1.63 bits per heavy atom. The van der Waals surface area contributed by atoms with E-state index in [0.29, 0.717) is 38.2 Å². The number of sulfonamides is 1. The Hall–Kier alpha value is -2.32. The molecule has 5 nitrogen and oxygen atoms in total. The highest BCUT2D eigenvalue weighted by Gasteiger charge is 2.26. The molecule has 0 radical (unpaired) electrons. The number of methoxy groups -OCH3 is 1. The van der Waals surface area contributed by atoms with Gasteiger partial charge in [-0.05, 0) is 48.9 Å². The van der Waals surface area contributed by atoms with Crippen molar-refractivity contribution in [3.63, 3.8) is 0 Å². The summed E-state index contributed by atoms with van der Waals surface area (Å²) in [5.74, 6) is -2.16. The van der Waals surface area contributed by atoms with E-state index in [1.54, 1.807) is 0 Å². The zero-order valence-corrected chi connectivity index (χ0v) is 18.1. The molecule has 0 amide bonds. The second-order valence-electron chi connectivity index (χ2n) is 6.98. The summed E-state index contributed by atoms with van der Waals surface area (Å²) in [6.45, 7) is 2.33. The van der Waals surface area contributed by atoms with Crippen molar-refractivity contribution >= 4 is 16.0 Å². The fourth-order valence-electron chi connectivity index (χ4n) is 3.11. The topological polar surface area (TPSA) is 63.7 Å². The molecule has 8 heteroatoms. The maximum Gasteiger partial charge on any atom is 0.305 e. The molecule has 164 valence electrons. The molecule has 0 bridgehead atoms. The number of nitrogens with zero attached hydrogens (tertiary/aromatic N) is 1. The molecule has 0 heterocycles. The summed E-state index contributed by atoms with van der Waals surface area (Å²) in [4.78, 5) is 10.7. The Labute approximate surface area is 176 Å². The molecule has 30 heavy (non-hydrogen) atoms. The zero-order chi connectivity index (χ0) is 22.1. The fraction of sp³-hybridized carbons (Fsp3) is 0.409. The summed E-state index contributed by atoms with van der Waals surface area (Å²) in [5, 5.41) is 0. The van der Waals surface area contributed by atoms with E-state index in [4.69, 9.17) is 0 Å². The van der Waals surface area contributed by atoms with Gasteiger partial charge >= 0.3 is 5.97 Å². The SMILES string of the molecule is CCCN(CCCc1ccc(CCC(=O)OC)cc1)S(=O)(=O)c1ccc(F)cc1F. The van der Waals surface area contributed by atoms with Gasteiger partial charge < -0.3 is 4.74 Å². The van der Waals surface area contributed by atoms with Gasteiger partial charge in [-0.1, -0.05) is 31.2 Å². The molecule has 0 aliphatic heterocycles. The van der Waals surface area contributed by atoms with Gasteiger partial charge in [0.1, 0.15) is 16.5 Å². The van der Waals surface area contributed by atoms with Crippen molar-refractivity contribution in [1.82, 2.24) is 4.31 Å². The minimum Gasteiger partial charge on any atom is -0.469 e. The minimum absolute atomic E-state index is 0.233. The summed E-state index contributed by atoms with van der Waals surface area (Å²) in [6, 6.07) is 10.3. The predicted octanol–water partition coefficient (Wildman–Crippen LogP) is 4.10. The summed E-state index contributed by atoms with van der Waals surface area (Å²) < 4.78 is 58.7. The van der Waals surface area contributed by atoms with Gasteiger partial charge in [-0.25, -0.2) is 17.2 Å². The first kappa shape index (κ1) is 24.0. The van der Waals surface area contributed by atoms with Crippen molar-refractivity contribution in [3.05, 3.63) is 65.2 Å². The van der Waals surface area contributed by atoms with Crippen LogP contribution in [0.5, 0.6) is 0 Å². The van der Waals surface area contributed by atoms with Crippen LogP contribution in [-0.2, 0) is 32.4 Å². The number of halogens is 2. The van der Waals surface area contributed by atoms with Crippen LogP contribution in [-0.4, -0.2) is 38.9 Å². The Balaban J connectivity index is 1.98. The lowest BCUT2D eigenvalue weighted by atomic mass is 10.0. The molecule has 0 atom stereocenters. The summed E-state index contributed by atoms with van der Waals surface area (Å²) in [7, 11) is -2.68. The predicted molar refractivity (Wildman–Crippen MR) is 111 cm³/mol. The quantitative estimate of drug-likeness (QED) is 0.495. The fourth-order valence-corrected chi connectivity index (χ4v) is 4.72. The number of esters is 1. The van der Waals surface area contributed by atoms with Gasteiger partial charge in [0, 0.05) is 25.6 Å². The Bertz CT molecular complexity index is 946. The zero-order valence-electron chi connectivity index (χ0n) is 17.2. The first-order chi connectivity index (χ1) is 14.3. The van der Waals surface area contributed by atoms with Gasteiger partial charge in [-0.2, -0.15) is 4.31 Å². The van der Waals surface area contributed by atoms with Crippen LogP contribution in [0, 0.1) is 11.6 Å². The Morgan fingerprint density at radius 3 is 2.20 bits per heavy atom. The van der Waals surface area contributed by atoms with Gasteiger partial charge in [0.25, 0.3) is 0 Å². The lowest BCUT2D eigenvalue weighted by Crippen LogP contribution is -2.33. The molecule has 0 aliphatic carbocycles. The summed E-state index contributed by atoms with van der Waals surface area (Å²) >= 11 is 0. The van der Waals surface area contributed by atoms with Crippen LogP contribution < -0.4 is 0 Å². The molecule has 0 spiro atoms. The van der Waals surface area contributed by atoms with Crippen LogP contribution in [0.3, 0.4) is 0 Å². The number of benzene rings is 2. The first-order valence-electron chi connectivity index (χ1n) is 9.87. The summed E-state index contributed by atoms with van der Waals surface area (Å²) in [6.07, 6.45) is 2.71. The Morgan fingerprint density at radius 1 is 1.00 bits per heavy atom. The molecule has 0 aromatic heterocycles. The van der Waals surface area contributed by atoms with E-state index in [-0.39, 0.29) is 19.1 Å². The molecule has 0 saturated carbocycles. The number of rotatable bonds is 11. The van der Waals surface area contributed by atoms with Gasteiger partial charge in [0.15, 0.2) is 0 Å². The Kier molecular flexibility index (Phi) is 8.92. The third-order valence-electron chi connectivity index (χ3n) is 4.73. The average molecular weight is 440 g/mol. The molecule has 0 unspecified atom stereocenters. The average Bonchev–Trinajstić information content (AvgIpc) is 2.71. The number of aryl methyl sites for hydroxylation is 2. The van der Waals surface area contributed by atoms with Gasteiger partial charge in [0.2, 0.25) is 10.0 Å². The van der Waals surface area contributed by atoms with Crippen molar-refractivity contribution in [3.8, 4) is 0 Å². The number of carbonyl (C=O) groups is 1. The van der Waals surface area contributed by atoms with Crippen molar-refractivity contribution in [1.29, 1.82) is 0 Å². The molecule has 0 fully saturated rings. The lowest BCUT2D eigenvalue weighted by molar-refractivity contribution is -0.140. The van der Waals surface area contributed by atoms with E-state index >= 15 is 0 Å². The minimum atomic E-state index is -4.04. The van der Waals surface area contributed by atoms with Crippen molar-refractivity contribution in [2.75, 3.05) is 20.2 Å². The maximum atomic E-state index is 14.0. The number of hydrogen-bond donors (Lipinski definition) is 0. The first-order valence-corrected chi connectivity index (χ1v) is 11.3. The van der Waals surface area contributed by atoms with Crippen molar-refractivity contribution in [2.45, 2.75) is 43.9 Å². The maximum absolute atomic E-state index is 14.0. The van der Waals surface area contributed by atoms with Crippen LogP contribution >= 0.6 is 0 Å². The molecule has 0 saturated heterocycles. The number of hydrogen-bond acceptors (Lipinski definition) is 4. The van der Waals surface area contributed by atoms with Gasteiger partial charge in [0.05, 0.1) is 7.11 Å². The largest absolute Gasteiger partial charge is 0.469 e. The van der Waals surface area contributed by atoms with Crippen LogP contribution in [0.4, 0.5) is 8.78 Å². The van der Waals surface area contributed by atoms with Gasteiger partial charge in [-0.3, -0.25) is 4.79 Å². The van der Waals surface area contributed by atoms with E-state index in [2.05, 4.69) is 4.74 Å². The standard InChI is InChI=1S/C22H27F2NO4S/c1-3-14-25(30(27,28)21-12-11-19(23)16-20(21)24)15-4-5-17-6-8-18(9-7-17)10-13-22(26)29-2/h6-9,11-12,16H,3-5,10,13-15H2,1-2H3. The monoisotopic (exact) mass is 439 g/mol. The smallest absolute Gasteiger partial charge is 0.305 e. The second-order valence-corrected chi connectivity index (χ2v) is 8.88. The number of ether oxygens (including phenoxy) is 1. The van der Waals surface area contributed by atoms with E-state index < -0.39 is 26.6 Å². The van der Waals surface area contributed by atoms with Crippen LogP contribution in [0.1, 0.15) is 37.3 Å². The molecule has 0 aliphatic rings. The second kappa shape index (κ2) is 11.2. The lowest BCUT2D eigenvalue weighted by Gasteiger charge is -2.22. The van der Waals surface area contributed by atoms with E-state index in [0.717, 1.165) is 23.3 Å². The normalized spacial score (nSPS) is 11.6. The highest BCUT2D eigenvalue weighted by atomic mass is 32.2. The van der Waals surface area contributed by atoms with Crippen LogP contribution in [0.15, 0.2) is 47.4 Å². The van der Waals surface area contributed by atoms with E-state index in [1.807, 2.05) is 31.2 Å². The van der Waals surface area contributed by atoms with E-state index in [9.17, 15) is 22.0 Å². The molecule has 2 aromatic rings. The molecule has 0 N–H and O–H groups in total. The highest BCUT2D eigenvalue weighted by Crippen LogP contribution is 2.21. The summed E-state index contributed by atoms with van der Waals surface area (Å²) in [5.41, 5.74) is 2.06. The van der Waals surface area contributed by atoms with E-state index in [1.165, 1.54) is 11.4 Å². The molecular formula is C22H27F2NO4S. The van der Waals surface area contributed by atoms with Crippen molar-refractivity contribution in [2.24, 2.45) is 0 Å². The molecule has 2 rings (SSSR count). The van der Waals surface area contributed by atoms with Crippen LogP contribution in [0.25, 0.3) is 0 Å². The van der Waals surface area contributed by atoms with Gasteiger partial charge in [-0.15, -0.1) is 0 Å². The van der Waals surface area contributed by atoms with Crippen LogP contribution in [0.2, 0.25) is 0 Å². The number of carbonyl (C=O) groups excluding carboxylic acids is 1. The third kappa shape index (κ3) is 6.60.